The van der Waals surface area contributed by atoms with E-state index in [2.05, 4.69) is 6.92 Å². The Kier molecular flexibility index (Phi) is 5.04. The van der Waals surface area contributed by atoms with E-state index in [4.69, 9.17) is 4.74 Å². The van der Waals surface area contributed by atoms with Crippen LogP contribution < -0.4 is 4.74 Å². The zero-order valence-corrected chi connectivity index (χ0v) is 13.9. The normalized spacial score (nSPS) is 17.0. The van der Waals surface area contributed by atoms with Crippen molar-refractivity contribution in [2.24, 2.45) is 0 Å². The van der Waals surface area contributed by atoms with E-state index in [-0.39, 0.29) is 18.1 Å². The first-order chi connectivity index (χ1) is 11.6. The molecule has 2 aromatic carbocycles. The molecule has 4 nitrogen and oxygen atoms in total. The van der Waals surface area contributed by atoms with Gasteiger partial charge in [-0.3, -0.25) is 4.79 Å². The summed E-state index contributed by atoms with van der Waals surface area (Å²) in [7, 11) is 0. The van der Waals surface area contributed by atoms with Gasteiger partial charge in [0.1, 0.15) is 18.1 Å². The summed E-state index contributed by atoms with van der Waals surface area (Å²) < 4.78 is 5.89. The monoisotopic (exact) mass is 325 g/mol. The maximum atomic E-state index is 12.6. The number of carbonyl (C=O) groups excluding carboxylic acids is 1. The lowest BCUT2D eigenvalue weighted by molar-refractivity contribution is -0.131. The molecule has 1 fully saturated rings. The average Bonchev–Trinajstić information content (AvgIpc) is 3.01. The van der Waals surface area contributed by atoms with Gasteiger partial charge in [-0.05, 0) is 43.5 Å². The van der Waals surface area contributed by atoms with Crippen LogP contribution >= 0.6 is 0 Å². The first kappa shape index (κ1) is 16.4. The van der Waals surface area contributed by atoms with Gasteiger partial charge in [0.05, 0.1) is 6.42 Å². The second kappa shape index (κ2) is 7.39. The molecule has 1 unspecified atom stereocenters. The molecule has 1 atom stereocenters. The Labute approximate surface area is 142 Å². The highest BCUT2D eigenvalue weighted by atomic mass is 16.5. The molecule has 1 aliphatic heterocycles. The molecular formula is C20H23NO3. The zero-order chi connectivity index (χ0) is 16.9. The number of hydrogen-bond donors (Lipinski definition) is 1. The maximum Gasteiger partial charge on any atom is 0.227 e. The maximum absolute atomic E-state index is 12.6. The predicted octanol–water partition coefficient (Wildman–Crippen LogP) is 3.52. The summed E-state index contributed by atoms with van der Waals surface area (Å²) in [6.07, 6.45) is 2.37. The second-order valence-electron chi connectivity index (χ2n) is 6.32. The van der Waals surface area contributed by atoms with Gasteiger partial charge in [-0.1, -0.05) is 30.3 Å². The third-order valence-corrected chi connectivity index (χ3v) is 4.50. The molecule has 1 saturated heterocycles. The molecule has 0 spiro atoms. The molecule has 0 bridgehead atoms. The lowest BCUT2D eigenvalue weighted by Gasteiger charge is -2.22. The molecule has 1 aliphatic rings. The Balaban J connectivity index is 1.72. The molecule has 126 valence electrons. The second-order valence-corrected chi connectivity index (χ2v) is 6.32. The number of likely N-dealkylation sites (tertiary alicyclic amines) is 1. The van der Waals surface area contributed by atoms with E-state index in [0.29, 0.717) is 18.4 Å². The lowest BCUT2D eigenvalue weighted by atomic mass is 10.1. The number of carbonyl (C=O) groups is 1. The highest BCUT2D eigenvalue weighted by Crippen LogP contribution is 2.27. The Morgan fingerprint density at radius 1 is 1.25 bits per heavy atom. The van der Waals surface area contributed by atoms with Crippen molar-refractivity contribution in [2.45, 2.75) is 38.8 Å². The van der Waals surface area contributed by atoms with E-state index >= 15 is 0 Å². The van der Waals surface area contributed by atoms with Crippen LogP contribution in [0.15, 0.2) is 48.5 Å². The van der Waals surface area contributed by atoms with Gasteiger partial charge in [-0.2, -0.15) is 0 Å². The number of hydrogen-bond acceptors (Lipinski definition) is 3. The molecule has 2 aromatic rings. The minimum Gasteiger partial charge on any atom is -0.508 e. The largest absolute Gasteiger partial charge is 0.508 e. The summed E-state index contributed by atoms with van der Waals surface area (Å²) >= 11 is 0. The molecule has 0 radical (unpaired) electrons. The van der Waals surface area contributed by atoms with Crippen LogP contribution in [-0.2, 0) is 17.8 Å². The first-order valence-electron chi connectivity index (χ1n) is 8.41. The number of nitrogens with zero attached hydrogens (tertiary/aromatic N) is 1. The number of ether oxygens (including phenoxy) is 1. The van der Waals surface area contributed by atoms with Crippen molar-refractivity contribution < 1.29 is 14.6 Å². The van der Waals surface area contributed by atoms with E-state index in [0.717, 1.165) is 30.5 Å². The lowest BCUT2D eigenvalue weighted by Crippen LogP contribution is -2.34. The summed E-state index contributed by atoms with van der Waals surface area (Å²) in [5.74, 6) is 0.895. The fraction of sp³-hybridized carbons (Fsp3) is 0.350. The van der Waals surface area contributed by atoms with Gasteiger partial charge in [0.25, 0.3) is 0 Å². The van der Waals surface area contributed by atoms with Crippen LogP contribution in [0.3, 0.4) is 0 Å². The van der Waals surface area contributed by atoms with Gasteiger partial charge >= 0.3 is 0 Å². The Bertz CT molecular complexity index is 699. The van der Waals surface area contributed by atoms with Crippen molar-refractivity contribution in [2.75, 3.05) is 6.54 Å². The Morgan fingerprint density at radius 2 is 2.04 bits per heavy atom. The van der Waals surface area contributed by atoms with E-state index in [9.17, 15) is 9.90 Å². The van der Waals surface area contributed by atoms with Crippen LogP contribution in [0, 0.1) is 0 Å². The molecule has 0 saturated carbocycles. The van der Waals surface area contributed by atoms with E-state index in [1.54, 1.807) is 18.2 Å². The van der Waals surface area contributed by atoms with Crippen molar-refractivity contribution >= 4 is 5.91 Å². The number of phenols is 1. The van der Waals surface area contributed by atoms with Gasteiger partial charge in [0.15, 0.2) is 0 Å². The number of amides is 1. The predicted molar refractivity (Wildman–Crippen MR) is 93.0 cm³/mol. The van der Waals surface area contributed by atoms with Gasteiger partial charge in [0.2, 0.25) is 5.91 Å². The molecule has 24 heavy (non-hydrogen) atoms. The topological polar surface area (TPSA) is 49.8 Å². The van der Waals surface area contributed by atoms with E-state index in [1.165, 1.54) is 0 Å². The molecule has 1 N–H and O–H groups in total. The summed E-state index contributed by atoms with van der Waals surface area (Å²) in [5.41, 5.74) is 1.80. The first-order valence-corrected chi connectivity index (χ1v) is 8.41. The van der Waals surface area contributed by atoms with Crippen molar-refractivity contribution in [3.05, 3.63) is 59.7 Å². The fourth-order valence-corrected chi connectivity index (χ4v) is 3.15. The third-order valence-electron chi connectivity index (χ3n) is 4.50. The molecule has 4 heteroatoms. The number of benzene rings is 2. The van der Waals surface area contributed by atoms with Gasteiger partial charge in [-0.25, -0.2) is 0 Å². The average molecular weight is 325 g/mol. The SMILES string of the molecule is CC1CCCN1C(=O)Cc1cc(O)ccc1OCc1ccccc1. The summed E-state index contributed by atoms with van der Waals surface area (Å²) in [6, 6.07) is 15.1. The quantitative estimate of drug-likeness (QED) is 0.915. The molecule has 3 rings (SSSR count). The number of phenolic OH excluding ortho intramolecular Hbond substituents is 1. The van der Waals surface area contributed by atoms with Crippen molar-refractivity contribution in [1.82, 2.24) is 4.90 Å². The molecule has 0 aliphatic carbocycles. The Hall–Kier alpha value is -2.49. The van der Waals surface area contributed by atoms with Crippen LogP contribution in [-0.4, -0.2) is 28.5 Å². The van der Waals surface area contributed by atoms with Crippen LogP contribution in [0.4, 0.5) is 0 Å². The molecule has 1 heterocycles. The smallest absolute Gasteiger partial charge is 0.227 e. The zero-order valence-electron chi connectivity index (χ0n) is 13.9. The third kappa shape index (κ3) is 3.88. The van der Waals surface area contributed by atoms with Gasteiger partial charge < -0.3 is 14.7 Å². The highest BCUT2D eigenvalue weighted by molar-refractivity contribution is 5.80. The van der Waals surface area contributed by atoms with Crippen molar-refractivity contribution in [1.29, 1.82) is 0 Å². The highest BCUT2D eigenvalue weighted by Gasteiger charge is 2.25. The number of aromatic hydroxyl groups is 1. The van der Waals surface area contributed by atoms with E-state index < -0.39 is 0 Å². The van der Waals surface area contributed by atoms with Crippen LogP contribution in [0.25, 0.3) is 0 Å². The van der Waals surface area contributed by atoms with Crippen LogP contribution in [0.5, 0.6) is 11.5 Å². The van der Waals surface area contributed by atoms with E-state index in [1.807, 2.05) is 35.2 Å². The molecular weight excluding hydrogens is 302 g/mol. The summed E-state index contributed by atoms with van der Waals surface area (Å²) in [6.45, 7) is 3.34. The Morgan fingerprint density at radius 3 is 2.75 bits per heavy atom. The summed E-state index contributed by atoms with van der Waals surface area (Å²) in [5, 5.41) is 9.77. The standard InChI is InChI=1S/C20H23NO3/c1-15-6-5-11-21(15)20(23)13-17-12-18(22)9-10-19(17)24-14-16-7-3-2-4-8-16/h2-4,7-10,12,15,22H,5-6,11,13-14H2,1H3. The minimum atomic E-state index is 0.0927. The van der Waals surface area contributed by atoms with Gasteiger partial charge in [0, 0.05) is 18.2 Å². The van der Waals surface area contributed by atoms with Crippen molar-refractivity contribution in [3.8, 4) is 11.5 Å². The fourth-order valence-electron chi connectivity index (χ4n) is 3.15. The number of rotatable bonds is 5. The van der Waals surface area contributed by atoms with Gasteiger partial charge in [-0.15, -0.1) is 0 Å². The van der Waals surface area contributed by atoms with Crippen molar-refractivity contribution in [3.63, 3.8) is 0 Å². The minimum absolute atomic E-state index is 0.0927. The molecule has 0 aromatic heterocycles. The van der Waals surface area contributed by atoms with Crippen LogP contribution in [0.1, 0.15) is 30.9 Å². The summed E-state index contributed by atoms with van der Waals surface area (Å²) in [4.78, 5) is 14.5. The molecule has 1 amide bonds. The van der Waals surface area contributed by atoms with Crippen LogP contribution in [0.2, 0.25) is 0 Å².